The van der Waals surface area contributed by atoms with Gasteiger partial charge >= 0.3 is 0 Å². The topological polar surface area (TPSA) is 75.1 Å². The van der Waals surface area contributed by atoms with Crippen LogP contribution in [0, 0.1) is 0 Å². The fraction of sp³-hybridized carbons (Fsp3) is 0.400. The summed E-state index contributed by atoms with van der Waals surface area (Å²) < 4.78 is 0. The number of hydrogen-bond donors (Lipinski definition) is 2. The van der Waals surface area contributed by atoms with Gasteiger partial charge < -0.3 is 10.4 Å². The van der Waals surface area contributed by atoms with Gasteiger partial charge in [-0.15, -0.1) is 11.3 Å². The van der Waals surface area contributed by atoms with Gasteiger partial charge in [0, 0.05) is 11.6 Å². The van der Waals surface area contributed by atoms with E-state index in [9.17, 15) is 9.90 Å². The molecule has 112 valence electrons. The summed E-state index contributed by atoms with van der Waals surface area (Å²) in [5.41, 5.74) is 1.53. The summed E-state index contributed by atoms with van der Waals surface area (Å²) in [5.74, 6) is -0.124. The SMILES string of the molecule is CC[C@H](NC(=O)Cc1csc(-c2ccccn2)n1)[C@H](C)O. The molecule has 2 atom stereocenters. The predicted molar refractivity (Wildman–Crippen MR) is 83.0 cm³/mol. The van der Waals surface area contributed by atoms with E-state index in [1.165, 1.54) is 11.3 Å². The standard InChI is InChI=1S/C15H19N3O2S/c1-3-12(10(2)19)18-14(20)8-11-9-21-15(17-11)13-6-4-5-7-16-13/h4-7,9-10,12,19H,3,8H2,1-2H3,(H,18,20)/t10-,12-/m0/s1. The number of thiazole rings is 1. The van der Waals surface area contributed by atoms with Crippen LogP contribution in [0.2, 0.25) is 0 Å². The second-order valence-corrected chi connectivity index (χ2v) is 5.72. The molecule has 2 N–H and O–H groups in total. The van der Waals surface area contributed by atoms with Crippen LogP contribution in [-0.4, -0.2) is 33.1 Å². The van der Waals surface area contributed by atoms with E-state index in [2.05, 4.69) is 15.3 Å². The van der Waals surface area contributed by atoms with E-state index in [1.807, 2.05) is 30.5 Å². The van der Waals surface area contributed by atoms with Gasteiger partial charge in [-0.2, -0.15) is 0 Å². The van der Waals surface area contributed by atoms with Crippen LogP contribution in [0.25, 0.3) is 10.7 Å². The molecule has 0 radical (unpaired) electrons. The van der Waals surface area contributed by atoms with Crippen molar-refractivity contribution >= 4 is 17.2 Å². The molecule has 0 aliphatic carbocycles. The van der Waals surface area contributed by atoms with Gasteiger partial charge in [0.25, 0.3) is 0 Å². The molecule has 1 amide bonds. The van der Waals surface area contributed by atoms with Gasteiger partial charge in [0.15, 0.2) is 0 Å². The Labute approximate surface area is 128 Å². The number of aromatic nitrogens is 2. The Morgan fingerprint density at radius 2 is 2.29 bits per heavy atom. The minimum atomic E-state index is -0.557. The number of carbonyl (C=O) groups is 1. The number of carbonyl (C=O) groups excluding carboxylic acids is 1. The van der Waals surface area contributed by atoms with Gasteiger partial charge in [-0.3, -0.25) is 9.78 Å². The summed E-state index contributed by atoms with van der Waals surface area (Å²) in [6.45, 7) is 3.61. The normalized spacial score (nSPS) is 13.7. The highest BCUT2D eigenvalue weighted by Gasteiger charge is 2.16. The second-order valence-electron chi connectivity index (χ2n) is 4.86. The summed E-state index contributed by atoms with van der Waals surface area (Å²) in [6.07, 6.45) is 2.07. The lowest BCUT2D eigenvalue weighted by Crippen LogP contribution is -2.42. The molecule has 2 aromatic heterocycles. The lowest BCUT2D eigenvalue weighted by molar-refractivity contribution is -0.122. The number of rotatable bonds is 6. The second kappa shape index (κ2) is 7.28. The van der Waals surface area contributed by atoms with E-state index in [1.54, 1.807) is 13.1 Å². The number of pyridine rings is 1. The summed E-state index contributed by atoms with van der Waals surface area (Å²) >= 11 is 1.47. The number of nitrogens with one attached hydrogen (secondary N) is 1. The van der Waals surface area contributed by atoms with Crippen molar-refractivity contribution in [3.63, 3.8) is 0 Å². The van der Waals surface area contributed by atoms with E-state index in [4.69, 9.17) is 0 Å². The Balaban J connectivity index is 1.98. The van der Waals surface area contributed by atoms with E-state index in [0.717, 1.165) is 16.4 Å². The fourth-order valence-corrected chi connectivity index (χ4v) is 2.78. The summed E-state index contributed by atoms with van der Waals surface area (Å²) in [6, 6.07) is 5.44. The Morgan fingerprint density at radius 1 is 1.48 bits per heavy atom. The van der Waals surface area contributed by atoms with E-state index in [0.29, 0.717) is 6.42 Å². The quantitative estimate of drug-likeness (QED) is 0.856. The Kier molecular flexibility index (Phi) is 5.41. The molecule has 2 rings (SSSR count). The van der Waals surface area contributed by atoms with Crippen molar-refractivity contribution in [3.8, 4) is 10.7 Å². The molecule has 0 saturated heterocycles. The smallest absolute Gasteiger partial charge is 0.226 e. The number of hydrogen-bond acceptors (Lipinski definition) is 5. The first-order chi connectivity index (χ1) is 10.1. The monoisotopic (exact) mass is 305 g/mol. The molecule has 0 aliphatic heterocycles. The van der Waals surface area contributed by atoms with Crippen LogP contribution < -0.4 is 5.32 Å². The van der Waals surface area contributed by atoms with Crippen molar-refractivity contribution in [2.24, 2.45) is 0 Å². The van der Waals surface area contributed by atoms with Crippen molar-refractivity contribution in [2.45, 2.75) is 38.8 Å². The van der Waals surface area contributed by atoms with E-state index >= 15 is 0 Å². The zero-order chi connectivity index (χ0) is 15.2. The molecular weight excluding hydrogens is 286 g/mol. The first-order valence-corrected chi connectivity index (χ1v) is 7.81. The Bertz CT molecular complexity index is 584. The molecule has 0 aliphatic rings. The highest BCUT2D eigenvalue weighted by molar-refractivity contribution is 7.13. The first kappa shape index (κ1) is 15.6. The average molecular weight is 305 g/mol. The van der Waals surface area contributed by atoms with Crippen LogP contribution in [0.1, 0.15) is 26.0 Å². The third kappa shape index (κ3) is 4.34. The van der Waals surface area contributed by atoms with Crippen molar-refractivity contribution in [2.75, 3.05) is 0 Å². The number of aliphatic hydroxyl groups is 1. The molecule has 6 heteroatoms. The van der Waals surface area contributed by atoms with Crippen LogP contribution in [0.4, 0.5) is 0 Å². The van der Waals surface area contributed by atoms with Gasteiger partial charge in [0.1, 0.15) is 5.01 Å². The molecule has 0 unspecified atom stereocenters. The third-order valence-corrected chi connectivity index (χ3v) is 4.06. The summed E-state index contributed by atoms with van der Waals surface area (Å²) in [4.78, 5) is 20.6. The molecule has 5 nitrogen and oxygen atoms in total. The predicted octanol–water partition coefficient (Wildman–Crippen LogP) is 2.02. The van der Waals surface area contributed by atoms with E-state index in [-0.39, 0.29) is 18.4 Å². The maximum absolute atomic E-state index is 12.0. The Morgan fingerprint density at radius 3 is 2.90 bits per heavy atom. The molecule has 0 fully saturated rings. The van der Waals surface area contributed by atoms with Crippen molar-refractivity contribution in [1.82, 2.24) is 15.3 Å². The molecule has 0 saturated carbocycles. The Hall–Kier alpha value is -1.79. The van der Waals surface area contributed by atoms with Gasteiger partial charge in [-0.25, -0.2) is 4.98 Å². The average Bonchev–Trinajstić information content (AvgIpc) is 2.93. The molecule has 0 aromatic carbocycles. The molecule has 2 heterocycles. The highest BCUT2D eigenvalue weighted by atomic mass is 32.1. The fourth-order valence-electron chi connectivity index (χ4n) is 1.98. The van der Waals surface area contributed by atoms with Crippen molar-refractivity contribution in [1.29, 1.82) is 0 Å². The van der Waals surface area contributed by atoms with Gasteiger partial charge in [-0.1, -0.05) is 13.0 Å². The number of amides is 1. The summed E-state index contributed by atoms with van der Waals surface area (Å²) in [7, 11) is 0. The van der Waals surface area contributed by atoms with Crippen LogP contribution >= 0.6 is 11.3 Å². The van der Waals surface area contributed by atoms with Crippen LogP contribution in [0.15, 0.2) is 29.8 Å². The zero-order valence-corrected chi connectivity index (χ0v) is 12.9. The maximum atomic E-state index is 12.0. The minimum absolute atomic E-state index is 0.124. The molecule has 0 bridgehead atoms. The number of aliphatic hydroxyl groups excluding tert-OH is 1. The lowest BCUT2D eigenvalue weighted by atomic mass is 10.1. The van der Waals surface area contributed by atoms with Gasteiger partial charge in [0.05, 0.1) is 30.0 Å². The minimum Gasteiger partial charge on any atom is -0.391 e. The number of nitrogens with zero attached hydrogens (tertiary/aromatic N) is 2. The van der Waals surface area contributed by atoms with Crippen LogP contribution in [0.3, 0.4) is 0 Å². The third-order valence-electron chi connectivity index (χ3n) is 3.15. The van der Waals surface area contributed by atoms with Crippen LogP contribution in [-0.2, 0) is 11.2 Å². The summed E-state index contributed by atoms with van der Waals surface area (Å²) in [5, 5.41) is 15.0. The van der Waals surface area contributed by atoms with Crippen molar-refractivity contribution in [3.05, 3.63) is 35.5 Å². The molecule has 2 aromatic rings. The molecule has 0 spiro atoms. The first-order valence-electron chi connectivity index (χ1n) is 6.93. The van der Waals surface area contributed by atoms with Gasteiger partial charge in [0.2, 0.25) is 5.91 Å². The van der Waals surface area contributed by atoms with Gasteiger partial charge in [-0.05, 0) is 25.5 Å². The lowest BCUT2D eigenvalue weighted by Gasteiger charge is -2.19. The zero-order valence-electron chi connectivity index (χ0n) is 12.1. The van der Waals surface area contributed by atoms with Crippen LogP contribution in [0.5, 0.6) is 0 Å². The van der Waals surface area contributed by atoms with Crippen molar-refractivity contribution < 1.29 is 9.90 Å². The highest BCUT2D eigenvalue weighted by Crippen LogP contribution is 2.21. The molecular formula is C15H19N3O2S. The maximum Gasteiger partial charge on any atom is 0.226 e. The molecule has 21 heavy (non-hydrogen) atoms. The largest absolute Gasteiger partial charge is 0.391 e. The van der Waals surface area contributed by atoms with E-state index < -0.39 is 6.10 Å².